The second-order valence-corrected chi connectivity index (χ2v) is 16.8. The van der Waals surface area contributed by atoms with Crippen LogP contribution in [-0.2, 0) is 14.3 Å². The molecule has 6 N–H and O–H groups in total. The van der Waals surface area contributed by atoms with Gasteiger partial charge in [-0.3, -0.25) is 0 Å². The quantitative estimate of drug-likeness (QED) is 0.185. The second kappa shape index (κ2) is 10.7. The molecule has 2 spiro atoms. The average molecular weight is 621 g/mol. The molecule has 0 aromatic rings. The number of fused-ring (bicyclic) bond motifs is 2. The Hall–Kier alpha value is -1.07. The fourth-order valence-corrected chi connectivity index (χ4v) is 12.5. The maximum Gasteiger partial charge on any atom is 0.330 e. The van der Waals surface area contributed by atoms with Crippen LogP contribution in [-0.4, -0.2) is 86.1 Å². The van der Waals surface area contributed by atoms with Gasteiger partial charge in [0.1, 0.15) is 18.3 Å². The zero-order valence-corrected chi connectivity index (χ0v) is 27.4. The third kappa shape index (κ3) is 4.25. The predicted octanol–water partition coefficient (Wildman–Crippen LogP) is 3.64. The molecule has 15 atom stereocenters. The van der Waals surface area contributed by atoms with Crippen molar-refractivity contribution in [1.82, 2.24) is 0 Å². The normalized spacial score (nSPS) is 53.6. The summed E-state index contributed by atoms with van der Waals surface area (Å²) < 4.78 is 12.0. The first-order valence-electron chi connectivity index (χ1n) is 17.1. The molecule has 6 aliphatic rings. The number of rotatable bonds is 7. The highest BCUT2D eigenvalue weighted by molar-refractivity contribution is 5.85. The molecule has 0 unspecified atom stereocenters. The van der Waals surface area contributed by atoms with Crippen molar-refractivity contribution in [3.05, 3.63) is 11.6 Å². The maximum atomic E-state index is 12.2. The van der Waals surface area contributed by atoms with Gasteiger partial charge in [0.25, 0.3) is 0 Å². The monoisotopic (exact) mass is 620 g/mol. The molecule has 0 radical (unpaired) electrons. The SMILES string of the molecule is C/C(=C\CC[C@H](C)[C@@H]1C[C@H](O)[C@@]2(C)[C@H]3CC[C@H]4C(C)(C)[C@@H](O[C@H]5OC[C@@H](O)[C@@H](O)[C@H]5O)CC[C@]45C[C@]35C[C@@H](O)[C@]12C)C(=O)O. The van der Waals surface area contributed by atoms with Gasteiger partial charge < -0.3 is 40.1 Å². The molecule has 0 bridgehead atoms. The molecule has 1 heterocycles. The summed E-state index contributed by atoms with van der Waals surface area (Å²) in [5.74, 6) is 0.175. The fraction of sp³-hybridized carbons (Fsp3) is 0.914. The van der Waals surface area contributed by atoms with Crippen molar-refractivity contribution >= 4 is 5.97 Å². The number of hydrogen-bond donors (Lipinski definition) is 6. The van der Waals surface area contributed by atoms with Gasteiger partial charge in [0.05, 0.1) is 24.9 Å². The van der Waals surface area contributed by atoms with Crippen LogP contribution in [0.3, 0.4) is 0 Å². The molecule has 0 amide bonds. The number of carboxylic acids is 1. The van der Waals surface area contributed by atoms with Gasteiger partial charge >= 0.3 is 5.97 Å². The molecule has 0 aromatic heterocycles. The van der Waals surface area contributed by atoms with Crippen molar-refractivity contribution in [1.29, 1.82) is 0 Å². The molecular formula is C35H56O9. The first kappa shape index (κ1) is 32.9. The molecule has 6 fully saturated rings. The van der Waals surface area contributed by atoms with E-state index in [0.29, 0.717) is 30.3 Å². The lowest BCUT2D eigenvalue weighted by Crippen LogP contribution is -2.64. The highest BCUT2D eigenvalue weighted by Gasteiger charge is 2.85. The lowest BCUT2D eigenvalue weighted by atomic mass is 9.40. The summed E-state index contributed by atoms with van der Waals surface area (Å²) in [5, 5.41) is 64.1. The Morgan fingerprint density at radius 2 is 1.64 bits per heavy atom. The van der Waals surface area contributed by atoms with E-state index in [1.54, 1.807) is 13.0 Å². The van der Waals surface area contributed by atoms with Gasteiger partial charge in [0.2, 0.25) is 0 Å². The molecule has 6 rings (SSSR count). The van der Waals surface area contributed by atoms with E-state index < -0.39 is 53.6 Å². The van der Waals surface area contributed by atoms with Crippen LogP contribution < -0.4 is 0 Å². The minimum Gasteiger partial charge on any atom is -0.478 e. The third-order valence-electron chi connectivity index (χ3n) is 15.1. The van der Waals surface area contributed by atoms with E-state index in [-0.39, 0.29) is 40.8 Å². The van der Waals surface area contributed by atoms with E-state index in [1.165, 1.54) is 0 Å². The molecule has 250 valence electrons. The first-order chi connectivity index (χ1) is 20.5. The first-order valence-corrected chi connectivity index (χ1v) is 17.1. The van der Waals surface area contributed by atoms with Crippen molar-refractivity contribution in [2.75, 3.05) is 6.61 Å². The third-order valence-corrected chi connectivity index (χ3v) is 15.1. The largest absolute Gasteiger partial charge is 0.478 e. The number of hydrogen-bond acceptors (Lipinski definition) is 8. The number of aliphatic carboxylic acids is 1. The van der Waals surface area contributed by atoms with Crippen molar-refractivity contribution < 1.29 is 44.9 Å². The Kier molecular flexibility index (Phi) is 8.01. The van der Waals surface area contributed by atoms with Crippen LogP contribution in [0, 0.1) is 50.7 Å². The topological polar surface area (TPSA) is 157 Å². The van der Waals surface area contributed by atoms with Gasteiger partial charge in [-0.05, 0) is 105 Å². The second-order valence-electron chi connectivity index (χ2n) is 16.8. The summed E-state index contributed by atoms with van der Waals surface area (Å²) in [6.45, 7) is 12.8. The lowest BCUT2D eigenvalue weighted by molar-refractivity contribution is -0.304. The Labute approximate surface area is 262 Å². The van der Waals surface area contributed by atoms with E-state index in [2.05, 4.69) is 34.6 Å². The summed E-state index contributed by atoms with van der Waals surface area (Å²) in [7, 11) is 0. The number of aliphatic hydroxyl groups is 5. The molecule has 9 heteroatoms. The van der Waals surface area contributed by atoms with Crippen molar-refractivity contribution in [3.8, 4) is 0 Å². The van der Waals surface area contributed by atoms with Crippen LogP contribution in [0.5, 0.6) is 0 Å². The summed E-state index contributed by atoms with van der Waals surface area (Å²) in [6, 6.07) is 0. The highest BCUT2D eigenvalue weighted by atomic mass is 16.7. The molecule has 5 saturated carbocycles. The summed E-state index contributed by atoms with van der Waals surface area (Å²) in [4.78, 5) is 11.3. The zero-order valence-electron chi connectivity index (χ0n) is 27.4. The molecule has 1 aliphatic heterocycles. The van der Waals surface area contributed by atoms with Gasteiger partial charge in [0.15, 0.2) is 6.29 Å². The molecule has 9 nitrogen and oxygen atoms in total. The minimum absolute atomic E-state index is 0.0204. The lowest BCUT2D eigenvalue weighted by Gasteiger charge is -2.65. The Balaban J connectivity index is 1.22. The van der Waals surface area contributed by atoms with E-state index in [9.17, 15) is 35.4 Å². The molecule has 1 saturated heterocycles. The van der Waals surface area contributed by atoms with Gasteiger partial charge in [-0.25, -0.2) is 4.79 Å². The Bertz CT molecular complexity index is 1170. The van der Waals surface area contributed by atoms with Gasteiger partial charge in [-0.15, -0.1) is 0 Å². The number of allylic oxidation sites excluding steroid dienone is 1. The van der Waals surface area contributed by atoms with Crippen molar-refractivity contribution in [2.24, 2.45) is 50.7 Å². The standard InChI is InChI=1S/C35H56O9/c1-18(8-7-9-19(2)29(41)42)20-14-24(37)33(6)23-11-10-22-31(3,4)26(44-30-28(40)27(39)21(36)16-43-30)12-13-34(22)17-35(23,34)15-25(38)32(20,33)5/h9,18,20-28,30,36-40H,7-8,10-17H2,1-6H3,(H,41,42)/b19-9+/t18-,20-,21+,22-,23+,24-,25+,26-,27+,28+,30+,32-,33+,34-,35+/m0/s1. The maximum absolute atomic E-state index is 12.2. The van der Waals surface area contributed by atoms with Crippen LogP contribution >= 0.6 is 0 Å². The summed E-state index contributed by atoms with van der Waals surface area (Å²) in [6.07, 6.45) is 3.61. The number of carbonyl (C=O) groups is 1. The van der Waals surface area contributed by atoms with Crippen LogP contribution in [0.15, 0.2) is 11.6 Å². The zero-order chi connectivity index (χ0) is 32.2. The predicted molar refractivity (Wildman–Crippen MR) is 162 cm³/mol. The van der Waals surface area contributed by atoms with E-state index >= 15 is 0 Å². The molecular weight excluding hydrogens is 564 g/mol. The van der Waals surface area contributed by atoms with Crippen molar-refractivity contribution in [2.45, 2.75) is 142 Å². The number of carboxylic acid groups (broad SMARTS) is 1. The Morgan fingerprint density at radius 3 is 2.32 bits per heavy atom. The van der Waals surface area contributed by atoms with E-state index in [4.69, 9.17) is 9.47 Å². The minimum atomic E-state index is -1.31. The van der Waals surface area contributed by atoms with Gasteiger partial charge in [-0.2, -0.15) is 0 Å². The number of ether oxygens (including phenoxy) is 2. The molecule has 5 aliphatic carbocycles. The summed E-state index contributed by atoms with van der Waals surface area (Å²) in [5.41, 5.74) is -0.658. The van der Waals surface area contributed by atoms with Crippen LogP contribution in [0.1, 0.15) is 99.3 Å². The molecule has 44 heavy (non-hydrogen) atoms. The number of aliphatic hydroxyl groups excluding tert-OH is 5. The van der Waals surface area contributed by atoms with Crippen LogP contribution in [0.4, 0.5) is 0 Å². The molecule has 0 aromatic carbocycles. The average Bonchev–Trinajstić information content (AvgIpc) is 3.56. The van der Waals surface area contributed by atoms with Gasteiger partial charge in [-0.1, -0.05) is 40.7 Å². The fourth-order valence-electron chi connectivity index (χ4n) is 12.5. The Morgan fingerprint density at radius 1 is 0.955 bits per heavy atom. The summed E-state index contributed by atoms with van der Waals surface area (Å²) >= 11 is 0. The van der Waals surface area contributed by atoms with E-state index in [0.717, 1.165) is 44.9 Å². The van der Waals surface area contributed by atoms with Crippen LogP contribution in [0.25, 0.3) is 0 Å². The van der Waals surface area contributed by atoms with Crippen LogP contribution in [0.2, 0.25) is 0 Å². The van der Waals surface area contributed by atoms with Crippen molar-refractivity contribution in [3.63, 3.8) is 0 Å². The highest BCUT2D eigenvalue weighted by Crippen LogP contribution is 2.89. The van der Waals surface area contributed by atoms with Gasteiger partial charge in [0, 0.05) is 16.4 Å². The smallest absolute Gasteiger partial charge is 0.330 e. The van der Waals surface area contributed by atoms with E-state index in [1.807, 2.05) is 0 Å².